The molecule has 6 heteroatoms. The summed E-state index contributed by atoms with van der Waals surface area (Å²) in [7, 11) is 0. The molecule has 1 N–H and O–H groups in total. The van der Waals surface area contributed by atoms with Crippen LogP contribution in [0.5, 0.6) is 0 Å². The minimum atomic E-state index is -0.420. The standard InChI is InChI=1S/C21H25FN4O/c1-3-5-16(6-4-2)21(27)24-12-15-7-8-19-17(11-15)13-25-26(19)20-9-10-23-14-18(20)22/h7-11,13-14,16H,3-6,12H2,1-2H3,(H,24,27). The summed E-state index contributed by atoms with van der Waals surface area (Å²) in [6.45, 7) is 4.69. The lowest BCUT2D eigenvalue weighted by Gasteiger charge is -2.15. The summed E-state index contributed by atoms with van der Waals surface area (Å²) in [6, 6.07) is 7.41. The summed E-state index contributed by atoms with van der Waals surface area (Å²) in [4.78, 5) is 16.2. The van der Waals surface area contributed by atoms with Gasteiger partial charge in [0.2, 0.25) is 5.91 Å². The molecule has 27 heavy (non-hydrogen) atoms. The molecule has 2 aromatic heterocycles. The monoisotopic (exact) mass is 368 g/mol. The second-order valence-electron chi connectivity index (χ2n) is 6.77. The van der Waals surface area contributed by atoms with E-state index in [2.05, 4.69) is 29.2 Å². The number of carbonyl (C=O) groups is 1. The van der Waals surface area contributed by atoms with E-state index in [-0.39, 0.29) is 11.8 Å². The summed E-state index contributed by atoms with van der Waals surface area (Å²) < 4.78 is 15.6. The minimum absolute atomic E-state index is 0.0844. The second kappa shape index (κ2) is 8.75. The molecule has 0 atom stereocenters. The summed E-state index contributed by atoms with van der Waals surface area (Å²) in [5.41, 5.74) is 2.17. The maximum atomic E-state index is 14.0. The molecule has 0 saturated carbocycles. The average Bonchev–Trinajstić information content (AvgIpc) is 3.09. The highest BCUT2D eigenvalue weighted by molar-refractivity contribution is 5.82. The highest BCUT2D eigenvalue weighted by Crippen LogP contribution is 2.21. The molecule has 142 valence electrons. The van der Waals surface area contributed by atoms with Crippen molar-refractivity contribution in [1.29, 1.82) is 0 Å². The number of hydrogen-bond donors (Lipinski definition) is 1. The van der Waals surface area contributed by atoms with Crippen LogP contribution in [0, 0.1) is 11.7 Å². The number of benzene rings is 1. The first-order valence-corrected chi connectivity index (χ1v) is 9.48. The van der Waals surface area contributed by atoms with Gasteiger partial charge in [0.15, 0.2) is 5.82 Å². The van der Waals surface area contributed by atoms with Crippen LogP contribution in [0.25, 0.3) is 16.6 Å². The van der Waals surface area contributed by atoms with Gasteiger partial charge in [-0.3, -0.25) is 9.78 Å². The van der Waals surface area contributed by atoms with Crippen LogP contribution in [0.2, 0.25) is 0 Å². The van der Waals surface area contributed by atoms with E-state index in [0.29, 0.717) is 12.2 Å². The normalized spacial score (nSPS) is 11.3. The van der Waals surface area contributed by atoms with E-state index in [1.165, 1.54) is 6.20 Å². The number of fused-ring (bicyclic) bond motifs is 1. The Labute approximate surface area is 158 Å². The Kier molecular flexibility index (Phi) is 6.16. The fourth-order valence-electron chi connectivity index (χ4n) is 3.36. The van der Waals surface area contributed by atoms with E-state index in [4.69, 9.17) is 0 Å². The Morgan fingerprint density at radius 1 is 1.19 bits per heavy atom. The maximum absolute atomic E-state index is 14.0. The van der Waals surface area contributed by atoms with Crippen molar-refractivity contribution in [2.75, 3.05) is 0 Å². The molecule has 0 spiro atoms. The SMILES string of the molecule is CCCC(CCC)C(=O)NCc1ccc2c(cnn2-c2ccncc2F)c1. The van der Waals surface area contributed by atoms with Crippen LogP contribution < -0.4 is 5.32 Å². The van der Waals surface area contributed by atoms with Gasteiger partial charge >= 0.3 is 0 Å². The third kappa shape index (κ3) is 4.32. The number of nitrogens with one attached hydrogen (secondary N) is 1. The van der Waals surface area contributed by atoms with Crippen molar-refractivity contribution in [2.45, 2.75) is 46.1 Å². The molecule has 2 heterocycles. The zero-order chi connectivity index (χ0) is 19.2. The van der Waals surface area contributed by atoms with Crippen LogP contribution in [0.4, 0.5) is 4.39 Å². The lowest BCUT2D eigenvalue weighted by Crippen LogP contribution is -2.30. The van der Waals surface area contributed by atoms with Gasteiger partial charge in [-0.15, -0.1) is 0 Å². The molecule has 3 aromatic rings. The number of carbonyl (C=O) groups excluding carboxylic acids is 1. The van der Waals surface area contributed by atoms with E-state index < -0.39 is 5.82 Å². The van der Waals surface area contributed by atoms with Gasteiger partial charge in [-0.25, -0.2) is 9.07 Å². The zero-order valence-corrected chi connectivity index (χ0v) is 15.8. The molecule has 0 saturated heterocycles. The number of halogens is 1. The molecule has 0 aliphatic heterocycles. The third-order valence-corrected chi connectivity index (χ3v) is 4.72. The van der Waals surface area contributed by atoms with E-state index in [1.54, 1.807) is 23.1 Å². The Bertz CT molecular complexity index is 915. The van der Waals surface area contributed by atoms with Crippen LogP contribution in [0.15, 0.2) is 42.9 Å². The largest absolute Gasteiger partial charge is 0.352 e. The third-order valence-electron chi connectivity index (χ3n) is 4.72. The molecule has 1 aromatic carbocycles. The van der Waals surface area contributed by atoms with Crippen LogP contribution in [0.3, 0.4) is 0 Å². The van der Waals surface area contributed by atoms with Gasteiger partial charge in [0, 0.05) is 24.0 Å². The Morgan fingerprint density at radius 2 is 1.96 bits per heavy atom. The second-order valence-corrected chi connectivity index (χ2v) is 6.77. The smallest absolute Gasteiger partial charge is 0.223 e. The van der Waals surface area contributed by atoms with Crippen LogP contribution >= 0.6 is 0 Å². The molecule has 0 unspecified atom stereocenters. The molecule has 3 rings (SSSR count). The first-order chi connectivity index (χ1) is 13.1. The summed E-state index contributed by atoms with van der Waals surface area (Å²) >= 11 is 0. The van der Waals surface area contributed by atoms with Gasteiger partial charge in [0.1, 0.15) is 5.69 Å². The summed E-state index contributed by atoms with van der Waals surface area (Å²) in [5.74, 6) is -0.216. The van der Waals surface area contributed by atoms with E-state index >= 15 is 0 Å². The molecule has 0 radical (unpaired) electrons. The average molecular weight is 368 g/mol. The lowest BCUT2D eigenvalue weighted by molar-refractivity contribution is -0.125. The highest BCUT2D eigenvalue weighted by atomic mass is 19.1. The van der Waals surface area contributed by atoms with Crippen molar-refractivity contribution < 1.29 is 9.18 Å². The van der Waals surface area contributed by atoms with Gasteiger partial charge < -0.3 is 5.32 Å². The van der Waals surface area contributed by atoms with Crippen molar-refractivity contribution in [3.63, 3.8) is 0 Å². The maximum Gasteiger partial charge on any atom is 0.223 e. The van der Waals surface area contributed by atoms with Crippen molar-refractivity contribution in [2.24, 2.45) is 5.92 Å². The predicted molar refractivity (Wildman–Crippen MR) is 104 cm³/mol. The Balaban J connectivity index is 1.74. The van der Waals surface area contributed by atoms with E-state index in [1.807, 2.05) is 18.2 Å². The quantitative estimate of drug-likeness (QED) is 0.641. The van der Waals surface area contributed by atoms with Gasteiger partial charge in [-0.2, -0.15) is 5.10 Å². The molecule has 0 aliphatic rings. The predicted octanol–water partition coefficient (Wildman–Crippen LogP) is 4.39. The fraction of sp³-hybridized carbons (Fsp3) is 0.381. The lowest BCUT2D eigenvalue weighted by atomic mass is 9.97. The molecule has 1 amide bonds. The number of aromatic nitrogens is 3. The zero-order valence-electron chi connectivity index (χ0n) is 15.8. The fourth-order valence-corrected chi connectivity index (χ4v) is 3.36. The molecular weight excluding hydrogens is 343 g/mol. The van der Waals surface area contributed by atoms with Gasteiger partial charge in [0.25, 0.3) is 0 Å². The van der Waals surface area contributed by atoms with E-state index in [9.17, 15) is 9.18 Å². The molecule has 0 fully saturated rings. The molecule has 0 aliphatic carbocycles. The summed E-state index contributed by atoms with van der Waals surface area (Å²) in [5, 5.41) is 8.25. The van der Waals surface area contributed by atoms with Crippen molar-refractivity contribution >= 4 is 16.8 Å². The number of amides is 1. The van der Waals surface area contributed by atoms with Crippen molar-refractivity contribution in [1.82, 2.24) is 20.1 Å². The number of pyridine rings is 1. The Morgan fingerprint density at radius 3 is 2.67 bits per heavy atom. The van der Waals surface area contributed by atoms with Crippen molar-refractivity contribution in [3.8, 4) is 5.69 Å². The first-order valence-electron chi connectivity index (χ1n) is 9.48. The van der Waals surface area contributed by atoms with E-state index in [0.717, 1.165) is 42.1 Å². The van der Waals surface area contributed by atoms with Crippen LogP contribution in [-0.2, 0) is 11.3 Å². The minimum Gasteiger partial charge on any atom is -0.352 e. The van der Waals surface area contributed by atoms with Gasteiger partial charge in [-0.1, -0.05) is 32.8 Å². The topological polar surface area (TPSA) is 59.8 Å². The molecule has 0 bridgehead atoms. The van der Waals surface area contributed by atoms with Crippen LogP contribution in [0.1, 0.15) is 45.1 Å². The number of rotatable bonds is 8. The Hall–Kier alpha value is -2.76. The summed E-state index contributed by atoms with van der Waals surface area (Å²) in [6.07, 6.45) is 8.28. The first kappa shape index (κ1) is 19.0. The van der Waals surface area contributed by atoms with Gasteiger partial charge in [0.05, 0.1) is 17.9 Å². The molecular formula is C21H25FN4O. The number of hydrogen-bond acceptors (Lipinski definition) is 3. The molecule has 5 nitrogen and oxygen atoms in total. The highest BCUT2D eigenvalue weighted by Gasteiger charge is 2.16. The van der Waals surface area contributed by atoms with Crippen LogP contribution in [-0.4, -0.2) is 20.7 Å². The number of nitrogens with zero attached hydrogens (tertiary/aromatic N) is 3. The van der Waals surface area contributed by atoms with Crippen molar-refractivity contribution in [3.05, 3.63) is 54.2 Å². The van der Waals surface area contributed by atoms with Gasteiger partial charge in [-0.05, 0) is 36.6 Å².